The van der Waals surface area contributed by atoms with Crippen LogP contribution in [-0.4, -0.2) is 0 Å². The maximum Gasteiger partial charge on any atom is -0.0184 e. The number of rotatable bonds is 10. The van der Waals surface area contributed by atoms with Crippen LogP contribution in [0.5, 0.6) is 0 Å². The molecule has 0 atom stereocenters. The molecule has 0 aromatic heterocycles. The molecule has 0 aliphatic carbocycles. The molecule has 2 aromatic carbocycles. The predicted molar refractivity (Wildman–Crippen MR) is 103 cm³/mol. The van der Waals surface area contributed by atoms with E-state index in [0.29, 0.717) is 0 Å². The fraction of sp³-hybridized carbons (Fsp3) is 0.391. The van der Waals surface area contributed by atoms with Gasteiger partial charge in [0.1, 0.15) is 0 Å². The van der Waals surface area contributed by atoms with Gasteiger partial charge in [-0.3, -0.25) is 0 Å². The summed E-state index contributed by atoms with van der Waals surface area (Å²) >= 11 is 0. The van der Waals surface area contributed by atoms with E-state index in [1.165, 1.54) is 60.8 Å². The summed E-state index contributed by atoms with van der Waals surface area (Å²) in [6.45, 7) is 6.05. The van der Waals surface area contributed by atoms with Crippen LogP contribution in [0, 0.1) is 0 Å². The summed E-state index contributed by atoms with van der Waals surface area (Å²) in [6.07, 6.45) is 12.1. The van der Waals surface area contributed by atoms with Crippen molar-refractivity contribution < 1.29 is 0 Å². The molecule has 0 spiro atoms. The van der Waals surface area contributed by atoms with Crippen LogP contribution in [0.25, 0.3) is 11.1 Å². The Morgan fingerprint density at radius 2 is 1.22 bits per heavy atom. The van der Waals surface area contributed by atoms with Crippen LogP contribution in [0.15, 0.2) is 61.2 Å². The Morgan fingerprint density at radius 3 is 1.74 bits per heavy atom. The molecule has 0 heteroatoms. The number of aryl methyl sites for hydroxylation is 2. The second kappa shape index (κ2) is 10.0. The third-order valence-corrected chi connectivity index (χ3v) is 4.45. The minimum Gasteiger partial charge on any atom is -0.103 e. The normalized spacial score (nSPS) is 10.7. The molecule has 0 saturated carbocycles. The zero-order valence-corrected chi connectivity index (χ0v) is 14.6. The fourth-order valence-corrected chi connectivity index (χ4v) is 2.93. The highest BCUT2D eigenvalue weighted by molar-refractivity contribution is 5.63. The molecule has 0 fully saturated rings. The Labute approximate surface area is 142 Å². The van der Waals surface area contributed by atoms with E-state index in [9.17, 15) is 0 Å². The molecule has 0 radical (unpaired) electrons. The number of unbranched alkanes of at least 4 members (excludes halogenated alkanes) is 4. The lowest BCUT2D eigenvalue weighted by Gasteiger charge is -2.06. The van der Waals surface area contributed by atoms with E-state index >= 15 is 0 Å². The average molecular weight is 306 g/mol. The summed E-state index contributed by atoms with van der Waals surface area (Å²) in [5.74, 6) is 0. The summed E-state index contributed by atoms with van der Waals surface area (Å²) in [5, 5.41) is 0. The van der Waals surface area contributed by atoms with Gasteiger partial charge in [0.05, 0.1) is 0 Å². The van der Waals surface area contributed by atoms with Gasteiger partial charge in [-0.05, 0) is 47.9 Å². The van der Waals surface area contributed by atoms with Crippen molar-refractivity contribution in [2.75, 3.05) is 0 Å². The Bertz CT molecular complexity index is 560. The van der Waals surface area contributed by atoms with Crippen LogP contribution in [0.2, 0.25) is 0 Å². The first-order valence-corrected chi connectivity index (χ1v) is 9.12. The largest absolute Gasteiger partial charge is 0.103 e. The molecule has 2 rings (SSSR count). The molecule has 0 saturated heterocycles. The van der Waals surface area contributed by atoms with Crippen molar-refractivity contribution in [3.05, 3.63) is 72.3 Å². The van der Waals surface area contributed by atoms with Crippen molar-refractivity contribution in [3.8, 4) is 11.1 Å². The van der Waals surface area contributed by atoms with E-state index in [-0.39, 0.29) is 0 Å². The van der Waals surface area contributed by atoms with Crippen LogP contribution in [-0.2, 0) is 12.8 Å². The van der Waals surface area contributed by atoms with Gasteiger partial charge in [-0.15, -0.1) is 6.58 Å². The Balaban J connectivity index is 1.87. The van der Waals surface area contributed by atoms with Crippen molar-refractivity contribution in [1.29, 1.82) is 0 Å². The first kappa shape index (κ1) is 17.5. The van der Waals surface area contributed by atoms with Gasteiger partial charge in [-0.2, -0.15) is 0 Å². The van der Waals surface area contributed by atoms with E-state index in [1.54, 1.807) is 0 Å². The van der Waals surface area contributed by atoms with Gasteiger partial charge in [0.25, 0.3) is 0 Å². The zero-order valence-electron chi connectivity index (χ0n) is 14.6. The molecule has 0 bridgehead atoms. The van der Waals surface area contributed by atoms with Gasteiger partial charge < -0.3 is 0 Å². The second-order valence-electron chi connectivity index (χ2n) is 6.39. The van der Waals surface area contributed by atoms with Crippen LogP contribution in [0.4, 0.5) is 0 Å². The van der Waals surface area contributed by atoms with Crippen LogP contribution >= 0.6 is 0 Å². The van der Waals surface area contributed by atoms with E-state index in [1.807, 2.05) is 6.08 Å². The molecular formula is C23H30. The van der Waals surface area contributed by atoms with Crippen molar-refractivity contribution in [2.24, 2.45) is 0 Å². The molecule has 122 valence electrons. The lowest BCUT2D eigenvalue weighted by molar-refractivity contribution is 0.632. The quantitative estimate of drug-likeness (QED) is 0.328. The summed E-state index contributed by atoms with van der Waals surface area (Å²) in [4.78, 5) is 0. The third-order valence-electron chi connectivity index (χ3n) is 4.45. The van der Waals surface area contributed by atoms with Gasteiger partial charge in [0.15, 0.2) is 0 Å². The van der Waals surface area contributed by atoms with Crippen LogP contribution < -0.4 is 0 Å². The Kier molecular flexibility index (Phi) is 7.66. The molecule has 0 nitrogen and oxygen atoms in total. The van der Waals surface area contributed by atoms with E-state index in [2.05, 4.69) is 62.0 Å². The molecule has 2 aromatic rings. The van der Waals surface area contributed by atoms with Gasteiger partial charge in [0, 0.05) is 0 Å². The van der Waals surface area contributed by atoms with E-state index in [0.717, 1.165) is 12.8 Å². The molecular weight excluding hydrogens is 276 g/mol. The first-order valence-electron chi connectivity index (χ1n) is 9.12. The predicted octanol–water partition coefficient (Wildman–Crippen LogP) is 6.99. The van der Waals surface area contributed by atoms with Crippen molar-refractivity contribution in [1.82, 2.24) is 0 Å². The minimum atomic E-state index is 1.05. The summed E-state index contributed by atoms with van der Waals surface area (Å²) < 4.78 is 0. The number of benzene rings is 2. The highest BCUT2D eigenvalue weighted by atomic mass is 14.0. The molecule has 0 aliphatic rings. The molecule has 23 heavy (non-hydrogen) atoms. The molecule has 0 N–H and O–H groups in total. The van der Waals surface area contributed by atoms with Gasteiger partial charge in [-0.1, -0.05) is 87.2 Å². The molecule has 0 aliphatic heterocycles. The van der Waals surface area contributed by atoms with Gasteiger partial charge >= 0.3 is 0 Å². The van der Waals surface area contributed by atoms with E-state index < -0.39 is 0 Å². The summed E-state index contributed by atoms with van der Waals surface area (Å²) in [6, 6.07) is 18.1. The lowest BCUT2D eigenvalue weighted by Crippen LogP contribution is -1.87. The SMILES string of the molecule is C=CCCc1ccc(-c2ccc(CCCCCCC)cc2)cc1. The maximum atomic E-state index is 3.78. The third kappa shape index (κ3) is 6.06. The van der Waals surface area contributed by atoms with Crippen molar-refractivity contribution in [2.45, 2.75) is 58.3 Å². The topological polar surface area (TPSA) is 0 Å². The molecule has 0 unspecified atom stereocenters. The monoisotopic (exact) mass is 306 g/mol. The first-order chi connectivity index (χ1) is 11.3. The summed E-state index contributed by atoms with van der Waals surface area (Å²) in [7, 11) is 0. The highest BCUT2D eigenvalue weighted by Crippen LogP contribution is 2.21. The van der Waals surface area contributed by atoms with Crippen LogP contribution in [0.3, 0.4) is 0 Å². The smallest absolute Gasteiger partial charge is 0.0184 e. The summed E-state index contributed by atoms with van der Waals surface area (Å²) in [5.41, 5.74) is 5.47. The standard InChI is InChI=1S/C23H30/c1-3-5-7-8-9-11-21-14-18-23(19-15-21)22-16-12-20(13-17-22)10-6-4-2/h4,12-19H,2-3,5-11H2,1H3. The number of allylic oxidation sites excluding steroid dienone is 1. The zero-order chi connectivity index (χ0) is 16.3. The fourth-order valence-electron chi connectivity index (χ4n) is 2.93. The molecule has 0 amide bonds. The lowest BCUT2D eigenvalue weighted by atomic mass is 9.99. The van der Waals surface area contributed by atoms with Crippen molar-refractivity contribution >= 4 is 0 Å². The van der Waals surface area contributed by atoms with Crippen molar-refractivity contribution in [3.63, 3.8) is 0 Å². The second-order valence-corrected chi connectivity index (χ2v) is 6.39. The molecule has 0 heterocycles. The number of hydrogen-bond donors (Lipinski definition) is 0. The number of hydrogen-bond acceptors (Lipinski definition) is 0. The van der Waals surface area contributed by atoms with Crippen LogP contribution in [0.1, 0.15) is 56.6 Å². The average Bonchev–Trinajstić information content (AvgIpc) is 2.61. The van der Waals surface area contributed by atoms with Gasteiger partial charge in [0.2, 0.25) is 0 Å². The Morgan fingerprint density at radius 1 is 0.696 bits per heavy atom. The minimum absolute atomic E-state index is 1.05. The highest BCUT2D eigenvalue weighted by Gasteiger charge is 2.00. The van der Waals surface area contributed by atoms with E-state index in [4.69, 9.17) is 0 Å². The Hall–Kier alpha value is -1.82. The van der Waals surface area contributed by atoms with Gasteiger partial charge in [-0.25, -0.2) is 0 Å². The maximum absolute atomic E-state index is 3.78.